The lowest BCUT2D eigenvalue weighted by Gasteiger charge is -2.29. The van der Waals surface area contributed by atoms with E-state index in [0.29, 0.717) is 25.8 Å². The van der Waals surface area contributed by atoms with Crippen molar-refractivity contribution in [3.63, 3.8) is 0 Å². The van der Waals surface area contributed by atoms with Crippen LogP contribution in [0.4, 0.5) is 0 Å². The van der Waals surface area contributed by atoms with E-state index < -0.39 is 0 Å². The monoisotopic (exact) mass is 302 g/mol. The third-order valence-electron chi connectivity index (χ3n) is 4.83. The Bertz CT molecular complexity index is 465. The van der Waals surface area contributed by atoms with Crippen LogP contribution in [0.3, 0.4) is 0 Å². The molecule has 2 fully saturated rings. The zero-order valence-corrected chi connectivity index (χ0v) is 13.2. The summed E-state index contributed by atoms with van der Waals surface area (Å²) < 4.78 is 5.34. The highest BCUT2D eigenvalue weighted by Crippen LogP contribution is 2.24. The second kappa shape index (κ2) is 7.75. The Hall–Kier alpha value is -1.39. The highest BCUT2D eigenvalue weighted by molar-refractivity contribution is 5.78. The van der Waals surface area contributed by atoms with E-state index in [1.165, 1.54) is 18.4 Å². The van der Waals surface area contributed by atoms with Gasteiger partial charge in [-0.15, -0.1) is 0 Å². The number of amides is 1. The van der Waals surface area contributed by atoms with E-state index in [-0.39, 0.29) is 11.8 Å². The lowest BCUT2D eigenvalue weighted by Crippen LogP contribution is -2.40. The first-order valence-corrected chi connectivity index (χ1v) is 8.49. The van der Waals surface area contributed by atoms with Gasteiger partial charge in [-0.05, 0) is 44.3 Å². The lowest BCUT2D eigenvalue weighted by molar-refractivity contribution is -0.128. The van der Waals surface area contributed by atoms with Crippen molar-refractivity contribution in [3.8, 4) is 0 Å². The van der Waals surface area contributed by atoms with Crippen molar-refractivity contribution in [1.29, 1.82) is 0 Å². The Labute approximate surface area is 132 Å². The number of nitrogens with one attached hydrogen (secondary N) is 1. The van der Waals surface area contributed by atoms with Gasteiger partial charge in [-0.2, -0.15) is 0 Å². The minimum absolute atomic E-state index is 0.128. The number of carbonyl (C=O) groups is 1. The van der Waals surface area contributed by atoms with Crippen molar-refractivity contribution in [3.05, 3.63) is 35.9 Å². The lowest BCUT2D eigenvalue weighted by atomic mass is 9.99. The van der Waals surface area contributed by atoms with E-state index in [0.717, 1.165) is 25.9 Å². The molecule has 3 rings (SSSR count). The van der Waals surface area contributed by atoms with Gasteiger partial charge in [0.2, 0.25) is 5.91 Å². The van der Waals surface area contributed by atoms with Crippen LogP contribution in [0.5, 0.6) is 0 Å². The highest BCUT2D eigenvalue weighted by Gasteiger charge is 2.26. The molecule has 1 amide bonds. The summed E-state index contributed by atoms with van der Waals surface area (Å²) in [6.07, 6.45) is 4.23. The molecule has 0 saturated carbocycles. The molecule has 2 aliphatic heterocycles. The third-order valence-corrected chi connectivity index (χ3v) is 4.83. The van der Waals surface area contributed by atoms with Gasteiger partial charge in [-0.3, -0.25) is 9.69 Å². The fraction of sp³-hybridized carbons (Fsp3) is 0.611. The molecule has 22 heavy (non-hydrogen) atoms. The molecule has 2 aliphatic rings. The molecule has 1 N–H and O–H groups in total. The first-order valence-electron chi connectivity index (χ1n) is 8.49. The number of ether oxygens (including phenoxy) is 1. The van der Waals surface area contributed by atoms with Crippen LogP contribution in [-0.2, 0) is 9.53 Å². The molecule has 0 radical (unpaired) electrons. The van der Waals surface area contributed by atoms with E-state index in [1.807, 2.05) is 6.07 Å². The maximum absolute atomic E-state index is 12.4. The molecule has 2 heterocycles. The number of hydrogen-bond donors (Lipinski definition) is 1. The van der Waals surface area contributed by atoms with Gasteiger partial charge < -0.3 is 10.1 Å². The van der Waals surface area contributed by atoms with Gasteiger partial charge in [-0.25, -0.2) is 0 Å². The van der Waals surface area contributed by atoms with Crippen molar-refractivity contribution < 1.29 is 9.53 Å². The smallest absolute Gasteiger partial charge is 0.223 e. The predicted molar refractivity (Wildman–Crippen MR) is 86.5 cm³/mol. The van der Waals surface area contributed by atoms with E-state index in [2.05, 4.69) is 34.5 Å². The average molecular weight is 302 g/mol. The Balaban J connectivity index is 1.61. The zero-order valence-electron chi connectivity index (χ0n) is 13.2. The fourth-order valence-corrected chi connectivity index (χ4v) is 3.49. The Morgan fingerprint density at radius 3 is 2.55 bits per heavy atom. The summed E-state index contributed by atoms with van der Waals surface area (Å²) in [5.74, 6) is 0.326. The number of carbonyl (C=O) groups excluding carboxylic acids is 1. The summed E-state index contributed by atoms with van der Waals surface area (Å²) in [6, 6.07) is 10.8. The number of benzene rings is 1. The minimum Gasteiger partial charge on any atom is -0.381 e. The van der Waals surface area contributed by atoms with Crippen molar-refractivity contribution in [2.75, 3.05) is 32.8 Å². The van der Waals surface area contributed by atoms with Gasteiger partial charge in [0.25, 0.3) is 0 Å². The third kappa shape index (κ3) is 3.87. The quantitative estimate of drug-likeness (QED) is 0.908. The predicted octanol–water partition coefficient (Wildman–Crippen LogP) is 2.37. The van der Waals surface area contributed by atoms with Crippen LogP contribution >= 0.6 is 0 Å². The van der Waals surface area contributed by atoms with Gasteiger partial charge in [0.05, 0.1) is 6.04 Å². The summed E-state index contributed by atoms with van der Waals surface area (Å²) in [5.41, 5.74) is 1.30. The second-order valence-electron chi connectivity index (χ2n) is 6.30. The first kappa shape index (κ1) is 15.5. The summed E-state index contributed by atoms with van der Waals surface area (Å²) in [6.45, 7) is 4.40. The second-order valence-corrected chi connectivity index (χ2v) is 6.30. The zero-order chi connectivity index (χ0) is 15.2. The number of rotatable bonds is 5. The number of hydrogen-bond acceptors (Lipinski definition) is 3. The summed E-state index contributed by atoms with van der Waals surface area (Å²) >= 11 is 0. The Kier molecular flexibility index (Phi) is 5.46. The summed E-state index contributed by atoms with van der Waals surface area (Å²) in [5, 5.41) is 3.19. The van der Waals surface area contributed by atoms with Gasteiger partial charge in [0.15, 0.2) is 0 Å². The van der Waals surface area contributed by atoms with E-state index in [1.54, 1.807) is 0 Å². The molecule has 1 unspecified atom stereocenters. The SMILES string of the molecule is O=C(NCC(c1ccccc1)N1CCCC1)C1CCOCC1. The van der Waals surface area contributed by atoms with Gasteiger partial charge in [0, 0.05) is 25.7 Å². The number of likely N-dealkylation sites (tertiary alicyclic amines) is 1. The van der Waals surface area contributed by atoms with Crippen LogP contribution in [0.15, 0.2) is 30.3 Å². The number of nitrogens with zero attached hydrogens (tertiary/aromatic N) is 1. The molecule has 2 saturated heterocycles. The molecule has 4 heteroatoms. The molecule has 0 aromatic heterocycles. The minimum atomic E-state index is 0.128. The molecule has 120 valence electrons. The molecule has 1 aromatic rings. The van der Waals surface area contributed by atoms with Crippen LogP contribution < -0.4 is 5.32 Å². The van der Waals surface area contributed by atoms with Gasteiger partial charge in [-0.1, -0.05) is 30.3 Å². The van der Waals surface area contributed by atoms with Crippen molar-refractivity contribution >= 4 is 5.91 Å². The molecule has 1 aromatic carbocycles. The first-order chi connectivity index (χ1) is 10.8. The molecular weight excluding hydrogens is 276 g/mol. The molecule has 0 aliphatic carbocycles. The largest absolute Gasteiger partial charge is 0.381 e. The molecule has 0 spiro atoms. The van der Waals surface area contributed by atoms with Crippen LogP contribution in [0, 0.1) is 5.92 Å². The van der Waals surface area contributed by atoms with E-state index >= 15 is 0 Å². The van der Waals surface area contributed by atoms with Crippen LogP contribution in [-0.4, -0.2) is 43.7 Å². The van der Waals surface area contributed by atoms with Crippen molar-refractivity contribution in [2.24, 2.45) is 5.92 Å². The normalized spacial score (nSPS) is 21.6. The van der Waals surface area contributed by atoms with Crippen molar-refractivity contribution in [1.82, 2.24) is 10.2 Å². The standard InChI is InChI=1S/C18H26N2O2/c21-18(16-8-12-22-13-9-16)19-14-17(20-10-4-5-11-20)15-6-2-1-3-7-15/h1-3,6-7,16-17H,4-5,8-14H2,(H,19,21). The molecule has 1 atom stereocenters. The maximum Gasteiger partial charge on any atom is 0.223 e. The van der Waals surface area contributed by atoms with E-state index in [4.69, 9.17) is 4.74 Å². The Morgan fingerprint density at radius 2 is 1.86 bits per heavy atom. The highest BCUT2D eigenvalue weighted by atomic mass is 16.5. The van der Waals surface area contributed by atoms with Crippen LogP contribution in [0.25, 0.3) is 0 Å². The average Bonchev–Trinajstić information content (AvgIpc) is 3.11. The van der Waals surface area contributed by atoms with Gasteiger partial charge >= 0.3 is 0 Å². The van der Waals surface area contributed by atoms with E-state index in [9.17, 15) is 4.79 Å². The molecule has 0 bridgehead atoms. The topological polar surface area (TPSA) is 41.6 Å². The molecular formula is C18H26N2O2. The fourth-order valence-electron chi connectivity index (χ4n) is 3.49. The summed E-state index contributed by atoms with van der Waals surface area (Å²) in [7, 11) is 0. The maximum atomic E-state index is 12.4. The van der Waals surface area contributed by atoms with Crippen LogP contribution in [0.2, 0.25) is 0 Å². The summed E-state index contributed by atoms with van der Waals surface area (Å²) in [4.78, 5) is 14.9. The van der Waals surface area contributed by atoms with Gasteiger partial charge in [0.1, 0.15) is 0 Å². The van der Waals surface area contributed by atoms with Crippen LogP contribution in [0.1, 0.15) is 37.3 Å². The molecule has 4 nitrogen and oxygen atoms in total. The Morgan fingerprint density at radius 1 is 1.18 bits per heavy atom. The van der Waals surface area contributed by atoms with Crippen molar-refractivity contribution in [2.45, 2.75) is 31.7 Å².